The molecule has 0 bridgehead atoms. The third-order valence-corrected chi connectivity index (χ3v) is 9.24. The van der Waals surface area contributed by atoms with E-state index in [1.54, 1.807) is 61.5 Å². The molecule has 1 aliphatic carbocycles. The van der Waals surface area contributed by atoms with E-state index in [4.69, 9.17) is 25.8 Å². The van der Waals surface area contributed by atoms with Crippen molar-refractivity contribution in [2.24, 2.45) is 11.8 Å². The average Bonchev–Trinajstić information content (AvgIpc) is 3.40. The molecule has 8 nitrogen and oxygen atoms in total. The van der Waals surface area contributed by atoms with E-state index in [2.05, 4.69) is 0 Å². The molecular formula is C29H26ClNO7S. The Kier molecular flexibility index (Phi) is 6.31. The fourth-order valence-corrected chi connectivity index (χ4v) is 7.02. The summed E-state index contributed by atoms with van der Waals surface area (Å²) in [5.74, 6) is -2.28. The van der Waals surface area contributed by atoms with E-state index in [1.165, 1.54) is 12.0 Å². The lowest BCUT2D eigenvalue weighted by molar-refractivity contribution is -0.158. The molecule has 1 saturated carbocycles. The van der Waals surface area contributed by atoms with Gasteiger partial charge in [-0.15, -0.1) is 11.3 Å². The van der Waals surface area contributed by atoms with E-state index in [0.717, 1.165) is 11.3 Å². The fourth-order valence-electron chi connectivity index (χ4n) is 5.99. The van der Waals surface area contributed by atoms with Gasteiger partial charge in [-0.1, -0.05) is 29.8 Å². The van der Waals surface area contributed by atoms with Crippen LogP contribution >= 0.6 is 22.9 Å². The smallest absolute Gasteiger partial charge is 0.330 e. The fraction of sp³-hybridized carbons (Fsp3) is 0.345. The number of hydrogen-bond donors (Lipinski definition) is 1. The summed E-state index contributed by atoms with van der Waals surface area (Å²) in [5, 5.41) is 10.8. The van der Waals surface area contributed by atoms with Crippen molar-refractivity contribution < 1.29 is 33.7 Å². The topological polar surface area (TPSA) is 102 Å². The van der Waals surface area contributed by atoms with Crippen LogP contribution in [0.25, 0.3) is 0 Å². The Morgan fingerprint density at radius 2 is 1.82 bits per heavy atom. The summed E-state index contributed by atoms with van der Waals surface area (Å²) in [7, 11) is 1.53. The van der Waals surface area contributed by atoms with Gasteiger partial charge in [0.2, 0.25) is 12.7 Å². The number of nitrogens with zero attached hydrogens (tertiary/aromatic N) is 1. The molecule has 3 aromatic rings. The SMILES string of the molecule is COc1cccc(C2C(C(=O)c3ccc(Cl)s3)C(c3ccc4c(c3)OCO4)N(C(=O)C3CC3)C2(C)C(=O)O)c1. The molecule has 0 spiro atoms. The van der Waals surface area contributed by atoms with E-state index in [9.17, 15) is 19.5 Å². The maximum absolute atomic E-state index is 14.4. The molecule has 1 N–H and O–H groups in total. The number of carbonyl (C=O) groups is 3. The van der Waals surface area contributed by atoms with E-state index >= 15 is 0 Å². The molecule has 2 aromatic carbocycles. The van der Waals surface area contributed by atoms with Gasteiger partial charge in [0.1, 0.15) is 11.3 Å². The number of ether oxygens (including phenoxy) is 3. The molecule has 1 saturated heterocycles. The molecule has 4 atom stereocenters. The highest BCUT2D eigenvalue weighted by molar-refractivity contribution is 7.18. The van der Waals surface area contributed by atoms with E-state index < -0.39 is 29.4 Å². The van der Waals surface area contributed by atoms with Crippen molar-refractivity contribution in [3.63, 3.8) is 0 Å². The lowest BCUT2D eigenvalue weighted by Gasteiger charge is -2.38. The summed E-state index contributed by atoms with van der Waals surface area (Å²) in [5.41, 5.74) is -0.543. The van der Waals surface area contributed by atoms with Crippen LogP contribution < -0.4 is 14.2 Å². The molecule has 0 radical (unpaired) electrons. The van der Waals surface area contributed by atoms with Gasteiger partial charge in [0.15, 0.2) is 17.3 Å². The van der Waals surface area contributed by atoms with Crippen LogP contribution in [-0.4, -0.2) is 47.1 Å². The van der Waals surface area contributed by atoms with Gasteiger partial charge in [0, 0.05) is 11.8 Å². The number of carbonyl (C=O) groups excluding carboxylic acids is 2. The number of halogens is 1. The third-order valence-electron chi connectivity index (χ3n) is 7.99. The first kappa shape index (κ1) is 25.7. The number of benzene rings is 2. The van der Waals surface area contributed by atoms with Crippen molar-refractivity contribution >= 4 is 40.6 Å². The maximum atomic E-state index is 14.4. The highest BCUT2D eigenvalue weighted by Gasteiger charge is 2.66. The second-order valence-corrected chi connectivity index (χ2v) is 12.0. The minimum absolute atomic E-state index is 0.0590. The minimum Gasteiger partial charge on any atom is -0.497 e. The standard InChI is InChI=1S/C29H26ClNO7S/c1-29(28(34)35)24(16-4-3-5-18(12-16)36-2)23(26(32)21-10-11-22(30)39-21)25(31(29)27(33)15-6-7-15)17-8-9-19-20(13-17)38-14-37-19/h3-5,8-13,15,23-25H,6-7,14H2,1-2H3,(H,34,35). The second-order valence-electron chi connectivity index (χ2n) is 10.2. The van der Waals surface area contributed by atoms with Gasteiger partial charge in [0.05, 0.1) is 28.3 Å². The predicted octanol–water partition coefficient (Wildman–Crippen LogP) is 5.56. The summed E-state index contributed by atoms with van der Waals surface area (Å²) in [6.45, 7) is 1.61. The monoisotopic (exact) mass is 567 g/mol. The number of likely N-dealkylation sites (tertiary alicyclic amines) is 1. The number of thiophene rings is 1. The lowest BCUT2D eigenvalue weighted by atomic mass is 9.72. The summed E-state index contributed by atoms with van der Waals surface area (Å²) >= 11 is 7.35. The molecule has 3 heterocycles. The number of rotatable bonds is 7. The van der Waals surface area contributed by atoms with Gasteiger partial charge >= 0.3 is 5.97 Å². The van der Waals surface area contributed by atoms with Crippen LogP contribution in [0.2, 0.25) is 4.34 Å². The number of aliphatic carboxylic acids is 1. The van der Waals surface area contributed by atoms with Crippen LogP contribution in [0, 0.1) is 11.8 Å². The third kappa shape index (κ3) is 4.15. The minimum atomic E-state index is -1.74. The van der Waals surface area contributed by atoms with Crippen molar-refractivity contribution in [2.75, 3.05) is 13.9 Å². The molecule has 2 fully saturated rings. The first-order valence-corrected chi connectivity index (χ1v) is 13.8. The van der Waals surface area contributed by atoms with Gasteiger partial charge in [-0.3, -0.25) is 9.59 Å². The Bertz CT molecular complexity index is 1480. The van der Waals surface area contributed by atoms with Crippen molar-refractivity contribution in [3.8, 4) is 17.2 Å². The number of carboxylic acids is 1. The summed E-state index contributed by atoms with van der Waals surface area (Å²) in [6, 6.07) is 14.7. The quantitative estimate of drug-likeness (QED) is 0.373. The van der Waals surface area contributed by atoms with Gasteiger partial charge in [-0.25, -0.2) is 4.79 Å². The zero-order chi connectivity index (χ0) is 27.5. The van der Waals surface area contributed by atoms with Crippen LogP contribution in [0.15, 0.2) is 54.6 Å². The van der Waals surface area contributed by atoms with Gasteiger partial charge in [-0.2, -0.15) is 0 Å². The zero-order valence-corrected chi connectivity index (χ0v) is 22.8. The normalized spacial score (nSPS) is 25.5. The molecule has 1 amide bonds. The summed E-state index contributed by atoms with van der Waals surface area (Å²) in [4.78, 5) is 43.6. The number of amides is 1. The van der Waals surface area contributed by atoms with E-state index in [-0.39, 0.29) is 24.4 Å². The van der Waals surface area contributed by atoms with Crippen molar-refractivity contribution in [3.05, 3.63) is 74.9 Å². The van der Waals surface area contributed by atoms with Crippen LogP contribution in [0.4, 0.5) is 0 Å². The number of ketones is 1. The molecule has 39 heavy (non-hydrogen) atoms. The molecule has 4 unspecified atom stereocenters. The molecule has 6 rings (SSSR count). The van der Waals surface area contributed by atoms with Crippen LogP contribution in [0.5, 0.6) is 17.2 Å². The first-order valence-electron chi connectivity index (χ1n) is 12.6. The molecule has 2 aliphatic heterocycles. The zero-order valence-electron chi connectivity index (χ0n) is 21.3. The van der Waals surface area contributed by atoms with Crippen LogP contribution in [0.1, 0.15) is 52.5 Å². The Labute approximate surface area is 234 Å². The maximum Gasteiger partial charge on any atom is 0.330 e. The van der Waals surface area contributed by atoms with Crippen molar-refractivity contribution in [1.29, 1.82) is 0 Å². The van der Waals surface area contributed by atoms with Gasteiger partial charge < -0.3 is 24.2 Å². The molecule has 1 aromatic heterocycles. The Balaban J connectivity index is 1.62. The molecule has 202 valence electrons. The average molecular weight is 568 g/mol. The van der Waals surface area contributed by atoms with Crippen molar-refractivity contribution in [1.82, 2.24) is 4.90 Å². The Morgan fingerprint density at radius 3 is 2.49 bits per heavy atom. The highest BCUT2D eigenvalue weighted by Crippen LogP contribution is 2.59. The molecular weight excluding hydrogens is 542 g/mol. The Hall–Kier alpha value is -3.56. The largest absolute Gasteiger partial charge is 0.497 e. The number of Topliss-reactive ketones (excluding diaryl/α,β-unsaturated/α-hetero) is 1. The predicted molar refractivity (Wildman–Crippen MR) is 144 cm³/mol. The number of carboxylic acid groups (broad SMARTS) is 1. The lowest BCUT2D eigenvalue weighted by Crippen LogP contribution is -2.54. The number of methoxy groups -OCH3 is 1. The van der Waals surface area contributed by atoms with E-state index in [1.807, 2.05) is 0 Å². The Morgan fingerprint density at radius 1 is 1.05 bits per heavy atom. The van der Waals surface area contributed by atoms with Gasteiger partial charge in [0.25, 0.3) is 0 Å². The second kappa shape index (κ2) is 9.57. The van der Waals surface area contributed by atoms with Crippen LogP contribution in [0.3, 0.4) is 0 Å². The highest BCUT2D eigenvalue weighted by atomic mass is 35.5. The van der Waals surface area contributed by atoms with Crippen molar-refractivity contribution in [2.45, 2.75) is 37.3 Å². The van der Waals surface area contributed by atoms with E-state index in [0.29, 0.717) is 50.4 Å². The van der Waals surface area contributed by atoms with Crippen LogP contribution in [-0.2, 0) is 9.59 Å². The molecule has 10 heteroatoms. The number of fused-ring (bicyclic) bond motifs is 1. The number of hydrogen-bond acceptors (Lipinski definition) is 7. The molecule has 3 aliphatic rings. The van der Waals surface area contributed by atoms with Gasteiger partial charge in [-0.05, 0) is 67.3 Å². The summed E-state index contributed by atoms with van der Waals surface area (Å²) < 4.78 is 17.0. The first-order chi connectivity index (χ1) is 18.7. The summed E-state index contributed by atoms with van der Waals surface area (Å²) in [6.07, 6.45) is 1.36.